The number of fused-ring (bicyclic) bond motifs is 1. The molecular weight excluding hydrogens is 234 g/mol. The highest BCUT2D eigenvalue weighted by Gasteiger charge is 2.32. The lowest BCUT2D eigenvalue weighted by molar-refractivity contribution is 0.466. The van der Waals surface area contributed by atoms with Crippen molar-refractivity contribution >= 4 is 11.0 Å². The van der Waals surface area contributed by atoms with Crippen molar-refractivity contribution in [3.8, 4) is 0 Å². The van der Waals surface area contributed by atoms with E-state index in [1.807, 2.05) is 0 Å². The highest BCUT2D eigenvalue weighted by atomic mass is 16.3. The van der Waals surface area contributed by atoms with E-state index in [4.69, 9.17) is 10.2 Å². The van der Waals surface area contributed by atoms with Gasteiger partial charge in [0.2, 0.25) is 0 Å². The number of furan rings is 1. The van der Waals surface area contributed by atoms with Gasteiger partial charge in [0, 0.05) is 5.39 Å². The summed E-state index contributed by atoms with van der Waals surface area (Å²) in [5.41, 5.74) is 9.96. The number of aryl methyl sites for hydroxylation is 1. The van der Waals surface area contributed by atoms with E-state index in [1.54, 1.807) is 0 Å². The Kier molecular flexibility index (Phi) is 2.75. The van der Waals surface area contributed by atoms with Crippen LogP contribution in [0, 0.1) is 12.8 Å². The largest absolute Gasteiger partial charge is 0.459 e. The average molecular weight is 257 g/mol. The summed E-state index contributed by atoms with van der Waals surface area (Å²) >= 11 is 0. The van der Waals surface area contributed by atoms with Crippen molar-refractivity contribution in [1.29, 1.82) is 0 Å². The molecule has 0 radical (unpaired) electrons. The van der Waals surface area contributed by atoms with Gasteiger partial charge in [0.1, 0.15) is 11.3 Å². The van der Waals surface area contributed by atoms with Crippen LogP contribution in [0.5, 0.6) is 0 Å². The topological polar surface area (TPSA) is 39.2 Å². The summed E-state index contributed by atoms with van der Waals surface area (Å²) in [5.74, 6) is 1.58. The number of hydrogen-bond donors (Lipinski definition) is 1. The van der Waals surface area contributed by atoms with Gasteiger partial charge in [-0.3, -0.25) is 0 Å². The Hall–Kier alpha value is -1.28. The zero-order valence-electron chi connectivity index (χ0n) is 12.3. The average Bonchev–Trinajstić information content (AvgIpc) is 3.06. The molecule has 2 nitrogen and oxygen atoms in total. The Labute approximate surface area is 115 Å². The maximum absolute atomic E-state index is 6.24. The summed E-state index contributed by atoms with van der Waals surface area (Å²) in [5, 5.41) is 1.19. The molecule has 2 aromatic rings. The van der Waals surface area contributed by atoms with Gasteiger partial charge >= 0.3 is 0 Å². The molecule has 1 fully saturated rings. The van der Waals surface area contributed by atoms with Crippen LogP contribution in [0.4, 0.5) is 0 Å². The highest BCUT2D eigenvalue weighted by molar-refractivity contribution is 5.82. The molecule has 0 spiro atoms. The molecule has 1 saturated carbocycles. The van der Waals surface area contributed by atoms with Crippen LogP contribution in [0.2, 0.25) is 0 Å². The lowest BCUT2D eigenvalue weighted by Gasteiger charge is -2.19. The van der Waals surface area contributed by atoms with E-state index in [2.05, 4.69) is 45.9 Å². The number of rotatable bonds is 2. The lowest BCUT2D eigenvalue weighted by Crippen LogP contribution is -2.11. The van der Waals surface area contributed by atoms with Crippen LogP contribution in [-0.4, -0.2) is 0 Å². The fraction of sp³-hybridized carbons (Fsp3) is 0.529. The van der Waals surface area contributed by atoms with Crippen molar-refractivity contribution in [2.45, 2.75) is 52.0 Å². The Morgan fingerprint density at radius 2 is 1.89 bits per heavy atom. The Morgan fingerprint density at radius 3 is 2.47 bits per heavy atom. The van der Waals surface area contributed by atoms with E-state index in [0.29, 0.717) is 5.92 Å². The second-order valence-electron chi connectivity index (χ2n) is 6.97. The third kappa shape index (κ3) is 2.30. The number of benzene rings is 1. The number of nitrogens with two attached hydrogens (primary N) is 1. The first-order valence-corrected chi connectivity index (χ1v) is 7.16. The normalized spacial score (nSPS) is 17.9. The standard InChI is InChI=1S/C17H23NO/c1-10-7-13(17(2,3)4)8-12-9-14(19-16(10)12)15(18)11-5-6-11/h7-9,11,15H,5-6,18H2,1-4H3. The van der Waals surface area contributed by atoms with E-state index < -0.39 is 0 Å². The maximum Gasteiger partial charge on any atom is 0.137 e. The van der Waals surface area contributed by atoms with E-state index in [0.717, 1.165) is 11.3 Å². The van der Waals surface area contributed by atoms with Crippen molar-refractivity contribution in [2.75, 3.05) is 0 Å². The molecule has 1 aromatic carbocycles. The molecule has 1 aromatic heterocycles. The molecular formula is C17H23NO. The second kappa shape index (κ2) is 4.11. The van der Waals surface area contributed by atoms with Crippen LogP contribution < -0.4 is 5.73 Å². The molecule has 0 saturated heterocycles. The van der Waals surface area contributed by atoms with Crippen LogP contribution in [0.3, 0.4) is 0 Å². The second-order valence-corrected chi connectivity index (χ2v) is 6.97. The highest BCUT2D eigenvalue weighted by Crippen LogP contribution is 2.41. The molecule has 2 N–H and O–H groups in total. The fourth-order valence-corrected chi connectivity index (χ4v) is 2.63. The summed E-state index contributed by atoms with van der Waals surface area (Å²) in [7, 11) is 0. The van der Waals surface area contributed by atoms with E-state index in [9.17, 15) is 0 Å². The van der Waals surface area contributed by atoms with Crippen molar-refractivity contribution in [3.05, 3.63) is 35.1 Å². The van der Waals surface area contributed by atoms with Crippen molar-refractivity contribution in [1.82, 2.24) is 0 Å². The molecule has 1 unspecified atom stereocenters. The molecule has 102 valence electrons. The molecule has 0 bridgehead atoms. The smallest absolute Gasteiger partial charge is 0.137 e. The molecule has 1 atom stereocenters. The third-order valence-electron chi connectivity index (χ3n) is 4.15. The summed E-state index contributed by atoms with van der Waals surface area (Å²) in [4.78, 5) is 0. The molecule has 0 aliphatic heterocycles. The Balaban J connectivity index is 2.09. The summed E-state index contributed by atoms with van der Waals surface area (Å²) in [6, 6.07) is 6.69. The first-order valence-electron chi connectivity index (χ1n) is 7.16. The van der Waals surface area contributed by atoms with Crippen LogP contribution in [0.15, 0.2) is 22.6 Å². The van der Waals surface area contributed by atoms with Crippen molar-refractivity contribution < 1.29 is 4.42 Å². The molecule has 1 aliphatic carbocycles. The zero-order chi connectivity index (χ0) is 13.8. The van der Waals surface area contributed by atoms with Crippen LogP contribution >= 0.6 is 0 Å². The predicted octanol–water partition coefficient (Wildman–Crippen LogP) is 4.45. The van der Waals surface area contributed by atoms with Crippen LogP contribution in [-0.2, 0) is 5.41 Å². The monoisotopic (exact) mass is 257 g/mol. The summed E-state index contributed by atoms with van der Waals surface area (Å²) in [6.07, 6.45) is 2.48. The Morgan fingerprint density at radius 1 is 1.21 bits per heavy atom. The molecule has 19 heavy (non-hydrogen) atoms. The molecule has 1 heterocycles. The van der Waals surface area contributed by atoms with Gasteiger partial charge < -0.3 is 10.2 Å². The quantitative estimate of drug-likeness (QED) is 0.863. The van der Waals surface area contributed by atoms with E-state index in [1.165, 1.54) is 29.4 Å². The zero-order valence-corrected chi connectivity index (χ0v) is 12.3. The minimum Gasteiger partial charge on any atom is -0.459 e. The molecule has 2 heteroatoms. The molecule has 0 amide bonds. The van der Waals surface area contributed by atoms with Gasteiger partial charge in [-0.15, -0.1) is 0 Å². The maximum atomic E-state index is 6.24. The number of hydrogen-bond acceptors (Lipinski definition) is 2. The van der Waals surface area contributed by atoms with Gasteiger partial charge in [0.05, 0.1) is 6.04 Å². The summed E-state index contributed by atoms with van der Waals surface area (Å²) < 4.78 is 6.00. The van der Waals surface area contributed by atoms with E-state index >= 15 is 0 Å². The van der Waals surface area contributed by atoms with Gasteiger partial charge in [-0.1, -0.05) is 26.8 Å². The van der Waals surface area contributed by atoms with Gasteiger partial charge in [-0.05, 0) is 54.4 Å². The molecule has 1 aliphatic rings. The third-order valence-corrected chi connectivity index (χ3v) is 4.15. The van der Waals surface area contributed by atoms with Crippen molar-refractivity contribution in [2.24, 2.45) is 11.7 Å². The predicted molar refractivity (Wildman–Crippen MR) is 79.3 cm³/mol. The minimum atomic E-state index is 0.0740. The SMILES string of the molecule is Cc1cc(C(C)(C)C)cc2cc(C(N)C3CC3)oc12. The van der Waals surface area contributed by atoms with Crippen molar-refractivity contribution in [3.63, 3.8) is 0 Å². The lowest BCUT2D eigenvalue weighted by atomic mass is 9.85. The summed E-state index contributed by atoms with van der Waals surface area (Å²) in [6.45, 7) is 8.84. The van der Waals surface area contributed by atoms with Crippen LogP contribution in [0.25, 0.3) is 11.0 Å². The first-order chi connectivity index (χ1) is 8.86. The molecule has 3 rings (SSSR count). The first kappa shape index (κ1) is 12.7. The Bertz CT molecular complexity index is 614. The van der Waals surface area contributed by atoms with Gasteiger partial charge in [0.25, 0.3) is 0 Å². The fourth-order valence-electron chi connectivity index (χ4n) is 2.63. The van der Waals surface area contributed by atoms with Crippen LogP contribution in [0.1, 0.15) is 56.5 Å². The minimum absolute atomic E-state index is 0.0740. The van der Waals surface area contributed by atoms with E-state index in [-0.39, 0.29) is 11.5 Å². The van der Waals surface area contributed by atoms with Gasteiger partial charge in [0.15, 0.2) is 0 Å². The van der Waals surface area contributed by atoms with Gasteiger partial charge in [-0.2, -0.15) is 0 Å². The van der Waals surface area contributed by atoms with Gasteiger partial charge in [-0.25, -0.2) is 0 Å².